The maximum absolute atomic E-state index is 13.6. The van der Waals surface area contributed by atoms with Crippen molar-refractivity contribution in [1.82, 2.24) is 0 Å². The number of nitrogens with one attached hydrogen (secondary N) is 1. The van der Waals surface area contributed by atoms with Crippen molar-refractivity contribution in [1.29, 1.82) is 0 Å². The number of benzene rings is 2. The molecule has 2 aromatic carbocycles. The maximum Gasteiger partial charge on any atom is 0.132 e. The van der Waals surface area contributed by atoms with Crippen molar-refractivity contribution in [2.75, 3.05) is 30.9 Å². The van der Waals surface area contributed by atoms with Crippen LogP contribution < -0.4 is 10.2 Å². The van der Waals surface area contributed by atoms with E-state index >= 15 is 0 Å². The first-order valence-corrected chi connectivity index (χ1v) is 6.62. The summed E-state index contributed by atoms with van der Waals surface area (Å²) in [6.07, 6.45) is -1.26. The highest BCUT2D eigenvalue weighted by molar-refractivity contribution is 5.57. The summed E-state index contributed by atoms with van der Waals surface area (Å²) in [5, 5.41) is 13.0. The van der Waals surface area contributed by atoms with Crippen LogP contribution in [0.3, 0.4) is 0 Å². The lowest BCUT2D eigenvalue weighted by Gasteiger charge is -2.17. The number of rotatable bonds is 5. The topological polar surface area (TPSA) is 35.5 Å². The summed E-state index contributed by atoms with van der Waals surface area (Å²) in [7, 11) is 3.84. The van der Waals surface area contributed by atoms with Gasteiger partial charge in [-0.2, -0.15) is 0 Å². The van der Waals surface area contributed by atoms with Gasteiger partial charge in [0, 0.05) is 32.0 Å². The third kappa shape index (κ3) is 3.70. The second kappa shape index (κ2) is 6.54. The number of hydrogen-bond acceptors (Lipinski definition) is 3. The number of nitrogens with zero attached hydrogens (tertiary/aromatic N) is 1. The van der Waals surface area contributed by atoms with E-state index in [-0.39, 0.29) is 12.1 Å². The molecule has 1 atom stereocenters. The number of aliphatic hydroxyl groups excluding tert-OH is 1. The molecule has 0 aliphatic rings. The molecule has 0 aromatic heterocycles. The Bertz CT molecular complexity index is 597. The van der Waals surface area contributed by atoms with Crippen LogP contribution in [0, 0.1) is 11.6 Å². The summed E-state index contributed by atoms with van der Waals surface area (Å²) in [6, 6.07) is 11.1. The van der Waals surface area contributed by atoms with Crippen LogP contribution >= 0.6 is 0 Å². The molecular weight excluding hydrogens is 274 g/mol. The smallest absolute Gasteiger partial charge is 0.132 e. The van der Waals surface area contributed by atoms with Gasteiger partial charge in [0.15, 0.2) is 0 Å². The maximum atomic E-state index is 13.6. The lowest BCUT2D eigenvalue weighted by molar-refractivity contribution is 0.181. The Balaban J connectivity index is 2.07. The zero-order valence-corrected chi connectivity index (χ0v) is 12.0. The molecule has 1 unspecified atom stereocenters. The van der Waals surface area contributed by atoms with Crippen LogP contribution in [-0.2, 0) is 0 Å². The predicted octanol–water partition coefficient (Wildman–Crippen LogP) is 3.18. The van der Waals surface area contributed by atoms with Gasteiger partial charge < -0.3 is 15.3 Å². The second-order valence-electron chi connectivity index (χ2n) is 4.98. The van der Waals surface area contributed by atoms with Crippen LogP contribution in [0.25, 0.3) is 0 Å². The fraction of sp³-hybridized carbons (Fsp3) is 0.250. The molecule has 0 amide bonds. The standard InChI is InChI=1S/C16H18F2N2O/c1-20(2)12-6-3-5-11(9-12)19-10-15(21)16-13(17)7-4-8-14(16)18/h3-9,15,19,21H,10H2,1-2H3. The number of aliphatic hydroxyl groups is 1. The molecule has 0 radical (unpaired) electrons. The predicted molar refractivity (Wildman–Crippen MR) is 80.6 cm³/mol. The average Bonchev–Trinajstić information content (AvgIpc) is 2.45. The van der Waals surface area contributed by atoms with Crippen LogP contribution in [0.4, 0.5) is 20.2 Å². The summed E-state index contributed by atoms with van der Waals surface area (Å²) < 4.78 is 27.1. The molecule has 0 aliphatic carbocycles. The van der Waals surface area contributed by atoms with E-state index in [1.807, 2.05) is 43.3 Å². The molecule has 5 heteroatoms. The first-order chi connectivity index (χ1) is 9.99. The first-order valence-electron chi connectivity index (χ1n) is 6.62. The lowest BCUT2D eigenvalue weighted by atomic mass is 10.1. The molecule has 0 saturated carbocycles. The minimum Gasteiger partial charge on any atom is -0.386 e. The SMILES string of the molecule is CN(C)c1cccc(NCC(O)c2c(F)cccc2F)c1. The van der Waals surface area contributed by atoms with Crippen LogP contribution in [-0.4, -0.2) is 25.7 Å². The van der Waals surface area contributed by atoms with Crippen molar-refractivity contribution in [3.63, 3.8) is 0 Å². The summed E-state index contributed by atoms with van der Waals surface area (Å²) >= 11 is 0. The van der Waals surface area contributed by atoms with E-state index in [9.17, 15) is 13.9 Å². The molecule has 0 heterocycles. The lowest BCUT2D eigenvalue weighted by Crippen LogP contribution is -2.15. The fourth-order valence-electron chi connectivity index (χ4n) is 2.04. The molecule has 2 N–H and O–H groups in total. The Hall–Kier alpha value is -2.14. The van der Waals surface area contributed by atoms with E-state index in [4.69, 9.17) is 0 Å². The van der Waals surface area contributed by atoms with Crippen molar-refractivity contribution in [2.45, 2.75) is 6.10 Å². The molecule has 0 saturated heterocycles. The molecule has 2 rings (SSSR count). The van der Waals surface area contributed by atoms with E-state index in [0.29, 0.717) is 0 Å². The normalized spacial score (nSPS) is 12.0. The summed E-state index contributed by atoms with van der Waals surface area (Å²) in [5.74, 6) is -1.49. The molecule has 21 heavy (non-hydrogen) atoms. The van der Waals surface area contributed by atoms with Crippen LogP contribution in [0.15, 0.2) is 42.5 Å². The van der Waals surface area contributed by atoms with Gasteiger partial charge in [0.1, 0.15) is 17.7 Å². The highest BCUT2D eigenvalue weighted by atomic mass is 19.1. The second-order valence-corrected chi connectivity index (χ2v) is 4.98. The van der Waals surface area contributed by atoms with Crippen molar-refractivity contribution >= 4 is 11.4 Å². The van der Waals surface area contributed by atoms with Gasteiger partial charge in [-0.15, -0.1) is 0 Å². The minimum atomic E-state index is -1.26. The van der Waals surface area contributed by atoms with Crippen molar-refractivity contribution in [3.8, 4) is 0 Å². The summed E-state index contributed by atoms with van der Waals surface area (Å²) in [4.78, 5) is 1.94. The van der Waals surface area contributed by atoms with E-state index in [1.54, 1.807) is 0 Å². The van der Waals surface area contributed by atoms with E-state index in [2.05, 4.69) is 5.32 Å². The van der Waals surface area contributed by atoms with Crippen molar-refractivity contribution in [2.24, 2.45) is 0 Å². The molecule has 0 spiro atoms. The van der Waals surface area contributed by atoms with E-state index in [0.717, 1.165) is 23.5 Å². The number of halogens is 2. The molecule has 112 valence electrons. The monoisotopic (exact) mass is 292 g/mol. The Kier molecular flexibility index (Phi) is 4.75. The van der Waals surface area contributed by atoms with Gasteiger partial charge in [0.05, 0.1) is 5.56 Å². The van der Waals surface area contributed by atoms with Gasteiger partial charge in [-0.25, -0.2) is 8.78 Å². The highest BCUT2D eigenvalue weighted by Gasteiger charge is 2.17. The Morgan fingerprint density at radius 3 is 2.33 bits per heavy atom. The highest BCUT2D eigenvalue weighted by Crippen LogP contribution is 2.22. The largest absolute Gasteiger partial charge is 0.386 e. The Morgan fingerprint density at radius 1 is 1.10 bits per heavy atom. The van der Waals surface area contributed by atoms with Gasteiger partial charge in [0.2, 0.25) is 0 Å². The molecule has 2 aromatic rings. The Morgan fingerprint density at radius 2 is 1.71 bits per heavy atom. The zero-order chi connectivity index (χ0) is 15.4. The third-order valence-corrected chi connectivity index (χ3v) is 3.20. The molecule has 0 aliphatic heterocycles. The Labute approximate surface area is 122 Å². The zero-order valence-electron chi connectivity index (χ0n) is 12.0. The molecule has 0 fully saturated rings. The number of anilines is 2. The van der Waals surface area contributed by atoms with Gasteiger partial charge in [-0.1, -0.05) is 12.1 Å². The van der Waals surface area contributed by atoms with Gasteiger partial charge >= 0.3 is 0 Å². The van der Waals surface area contributed by atoms with Gasteiger partial charge in [0.25, 0.3) is 0 Å². The number of hydrogen-bond donors (Lipinski definition) is 2. The van der Waals surface area contributed by atoms with E-state index in [1.165, 1.54) is 6.07 Å². The third-order valence-electron chi connectivity index (χ3n) is 3.20. The first kappa shape index (κ1) is 15.3. The van der Waals surface area contributed by atoms with Gasteiger partial charge in [-0.3, -0.25) is 0 Å². The summed E-state index contributed by atoms with van der Waals surface area (Å²) in [5.41, 5.74) is 1.46. The average molecular weight is 292 g/mol. The van der Waals surface area contributed by atoms with Crippen LogP contribution in [0.5, 0.6) is 0 Å². The van der Waals surface area contributed by atoms with E-state index < -0.39 is 17.7 Å². The van der Waals surface area contributed by atoms with Crippen molar-refractivity contribution < 1.29 is 13.9 Å². The van der Waals surface area contributed by atoms with Crippen LogP contribution in [0.1, 0.15) is 11.7 Å². The minimum absolute atomic E-state index is 0.0226. The van der Waals surface area contributed by atoms with Crippen molar-refractivity contribution in [3.05, 3.63) is 59.7 Å². The quantitative estimate of drug-likeness (QED) is 0.888. The molecule has 0 bridgehead atoms. The summed E-state index contributed by atoms with van der Waals surface area (Å²) in [6.45, 7) is 0.0226. The fourth-order valence-corrected chi connectivity index (χ4v) is 2.04. The van der Waals surface area contributed by atoms with Crippen LogP contribution in [0.2, 0.25) is 0 Å². The molecular formula is C16H18F2N2O. The van der Waals surface area contributed by atoms with Gasteiger partial charge in [-0.05, 0) is 30.3 Å². The molecule has 3 nitrogen and oxygen atoms in total.